The molecule has 1 aliphatic rings. The highest BCUT2D eigenvalue weighted by Crippen LogP contribution is 2.33. The Morgan fingerprint density at radius 2 is 1.80 bits per heavy atom. The molecule has 0 atom stereocenters. The molecule has 2 aromatic carbocycles. The lowest BCUT2D eigenvalue weighted by Gasteiger charge is -2.13. The van der Waals surface area contributed by atoms with Crippen LogP contribution in [0.3, 0.4) is 0 Å². The number of likely N-dealkylation sites (N-methyl/N-ethyl adjacent to an activating group) is 1. The lowest BCUT2D eigenvalue weighted by molar-refractivity contribution is -0.121. The van der Waals surface area contributed by atoms with E-state index < -0.39 is 0 Å². The van der Waals surface area contributed by atoms with Gasteiger partial charge in [0.25, 0.3) is 5.91 Å². The molecule has 0 radical (unpaired) electrons. The molecular formula is C23H23NO4S2. The number of carbonyl (C=O) groups is 1. The van der Waals surface area contributed by atoms with Crippen LogP contribution in [0.15, 0.2) is 53.4 Å². The van der Waals surface area contributed by atoms with E-state index in [2.05, 4.69) is 0 Å². The lowest BCUT2D eigenvalue weighted by Crippen LogP contribution is -2.22. The summed E-state index contributed by atoms with van der Waals surface area (Å²) in [6.07, 6.45) is 5.78. The number of carbonyl (C=O) groups excluding carboxylic acids is 1. The second-order valence-electron chi connectivity index (χ2n) is 6.39. The molecule has 1 fully saturated rings. The summed E-state index contributed by atoms with van der Waals surface area (Å²) in [4.78, 5) is 14.3. The Balaban J connectivity index is 1.63. The van der Waals surface area contributed by atoms with Crippen LogP contribution in [0.1, 0.15) is 18.1 Å². The van der Waals surface area contributed by atoms with Crippen LogP contribution in [-0.4, -0.2) is 42.5 Å². The van der Waals surface area contributed by atoms with Crippen molar-refractivity contribution >= 4 is 46.4 Å². The van der Waals surface area contributed by atoms with Crippen LogP contribution in [0.25, 0.3) is 12.2 Å². The highest BCUT2D eigenvalue weighted by atomic mass is 32.2. The van der Waals surface area contributed by atoms with Gasteiger partial charge in [-0.05, 0) is 36.8 Å². The van der Waals surface area contributed by atoms with Crippen molar-refractivity contribution < 1.29 is 19.0 Å². The van der Waals surface area contributed by atoms with E-state index >= 15 is 0 Å². The molecule has 5 nitrogen and oxygen atoms in total. The number of methoxy groups -OCH3 is 1. The first-order chi connectivity index (χ1) is 14.5. The van der Waals surface area contributed by atoms with Gasteiger partial charge in [0.05, 0.1) is 12.0 Å². The number of thiocarbonyl (C=S) groups is 1. The standard InChI is InChI=1S/C23H23NO4S2/c1-4-7-16-10-11-19(20(14-16)26-3)28-13-12-27-18-9-6-5-8-17(18)15-21-22(25)24(2)23(29)30-21/h4-11,14-15H,12-13H2,1-3H3/b7-4+,21-15-. The summed E-state index contributed by atoms with van der Waals surface area (Å²) >= 11 is 6.48. The van der Waals surface area contributed by atoms with Crippen LogP contribution in [0.4, 0.5) is 0 Å². The molecule has 0 unspecified atom stereocenters. The molecule has 30 heavy (non-hydrogen) atoms. The predicted octanol–water partition coefficient (Wildman–Crippen LogP) is 5.02. The van der Waals surface area contributed by atoms with Gasteiger partial charge in [-0.15, -0.1) is 0 Å². The van der Waals surface area contributed by atoms with E-state index in [-0.39, 0.29) is 5.91 Å². The number of amides is 1. The molecule has 0 aromatic heterocycles. The summed E-state index contributed by atoms with van der Waals surface area (Å²) in [6.45, 7) is 2.67. The first kappa shape index (κ1) is 21.9. The van der Waals surface area contributed by atoms with Gasteiger partial charge >= 0.3 is 0 Å². The number of hydrogen-bond acceptors (Lipinski definition) is 6. The molecule has 1 heterocycles. The Morgan fingerprint density at radius 1 is 1.07 bits per heavy atom. The molecule has 156 valence electrons. The molecule has 0 spiro atoms. The SMILES string of the molecule is C/C=C/c1ccc(OCCOc2ccccc2/C=C2\SC(=S)N(C)C2=O)c(OC)c1. The van der Waals surface area contributed by atoms with Gasteiger partial charge in [0.1, 0.15) is 23.3 Å². The summed E-state index contributed by atoms with van der Waals surface area (Å²) in [6, 6.07) is 13.3. The first-order valence-corrected chi connectivity index (χ1v) is 10.6. The topological polar surface area (TPSA) is 48.0 Å². The normalized spacial score (nSPS) is 15.3. The summed E-state index contributed by atoms with van der Waals surface area (Å²) in [5.41, 5.74) is 1.86. The number of para-hydroxylation sites is 1. The third-order valence-corrected chi connectivity index (χ3v) is 5.82. The number of thioether (sulfide) groups is 1. The number of ether oxygens (including phenoxy) is 3. The van der Waals surface area contributed by atoms with E-state index in [0.29, 0.717) is 39.7 Å². The molecule has 7 heteroatoms. The average Bonchev–Trinajstić information content (AvgIpc) is 2.99. The first-order valence-electron chi connectivity index (χ1n) is 9.40. The van der Waals surface area contributed by atoms with E-state index in [1.54, 1.807) is 14.2 Å². The van der Waals surface area contributed by atoms with Gasteiger partial charge in [-0.2, -0.15) is 0 Å². The van der Waals surface area contributed by atoms with Crippen LogP contribution >= 0.6 is 24.0 Å². The second kappa shape index (κ2) is 10.3. The van der Waals surface area contributed by atoms with Crippen molar-refractivity contribution in [1.82, 2.24) is 4.90 Å². The van der Waals surface area contributed by atoms with Crippen molar-refractivity contribution in [3.63, 3.8) is 0 Å². The van der Waals surface area contributed by atoms with E-state index in [4.69, 9.17) is 26.4 Å². The smallest absolute Gasteiger partial charge is 0.265 e. The molecule has 0 aliphatic carbocycles. The van der Waals surface area contributed by atoms with E-state index in [9.17, 15) is 4.79 Å². The molecule has 0 N–H and O–H groups in total. The maximum absolute atomic E-state index is 12.2. The fourth-order valence-electron chi connectivity index (χ4n) is 2.82. The van der Waals surface area contributed by atoms with Gasteiger partial charge in [0.2, 0.25) is 0 Å². The van der Waals surface area contributed by atoms with Crippen molar-refractivity contribution in [2.75, 3.05) is 27.4 Å². The van der Waals surface area contributed by atoms with E-state index in [1.807, 2.05) is 67.6 Å². The van der Waals surface area contributed by atoms with Crippen molar-refractivity contribution in [2.24, 2.45) is 0 Å². The fraction of sp³-hybridized carbons (Fsp3) is 0.217. The number of benzene rings is 2. The maximum atomic E-state index is 12.2. The predicted molar refractivity (Wildman–Crippen MR) is 126 cm³/mol. The van der Waals surface area contributed by atoms with E-state index in [1.165, 1.54) is 16.7 Å². The Bertz CT molecular complexity index is 1000. The monoisotopic (exact) mass is 441 g/mol. The summed E-state index contributed by atoms with van der Waals surface area (Å²) in [7, 11) is 3.30. The maximum Gasteiger partial charge on any atom is 0.265 e. The Kier molecular flexibility index (Phi) is 7.54. The quantitative estimate of drug-likeness (QED) is 0.326. The van der Waals surface area contributed by atoms with Gasteiger partial charge in [-0.3, -0.25) is 9.69 Å². The number of rotatable bonds is 8. The minimum absolute atomic E-state index is 0.100. The zero-order valence-corrected chi connectivity index (χ0v) is 18.7. The Hall–Kier alpha value is -2.77. The molecule has 1 aliphatic heterocycles. The average molecular weight is 442 g/mol. The number of nitrogens with zero attached hydrogens (tertiary/aromatic N) is 1. The molecule has 1 saturated heterocycles. The minimum atomic E-state index is -0.100. The number of allylic oxidation sites excluding steroid dienone is 1. The highest BCUT2D eigenvalue weighted by molar-refractivity contribution is 8.26. The van der Waals surface area contributed by atoms with Crippen LogP contribution in [0.5, 0.6) is 17.2 Å². The van der Waals surface area contributed by atoms with Gasteiger partial charge < -0.3 is 14.2 Å². The fourth-order valence-corrected chi connectivity index (χ4v) is 3.99. The zero-order chi connectivity index (χ0) is 21.5. The van der Waals surface area contributed by atoms with Crippen molar-refractivity contribution in [1.29, 1.82) is 0 Å². The van der Waals surface area contributed by atoms with Gasteiger partial charge in [-0.1, -0.05) is 60.4 Å². The van der Waals surface area contributed by atoms with Crippen LogP contribution in [0.2, 0.25) is 0 Å². The Morgan fingerprint density at radius 3 is 2.47 bits per heavy atom. The van der Waals surface area contributed by atoms with Gasteiger partial charge in [-0.25, -0.2) is 0 Å². The summed E-state index contributed by atoms with van der Waals surface area (Å²) in [5, 5.41) is 0. The van der Waals surface area contributed by atoms with Crippen LogP contribution in [-0.2, 0) is 4.79 Å². The molecule has 1 amide bonds. The molecule has 3 rings (SSSR count). The number of hydrogen-bond donors (Lipinski definition) is 0. The minimum Gasteiger partial charge on any atom is -0.493 e. The summed E-state index contributed by atoms with van der Waals surface area (Å²) < 4.78 is 17.7. The lowest BCUT2D eigenvalue weighted by atomic mass is 10.2. The largest absolute Gasteiger partial charge is 0.493 e. The third-order valence-electron chi connectivity index (χ3n) is 4.34. The van der Waals surface area contributed by atoms with Crippen molar-refractivity contribution in [3.05, 3.63) is 64.6 Å². The second-order valence-corrected chi connectivity index (χ2v) is 8.06. The van der Waals surface area contributed by atoms with Crippen molar-refractivity contribution in [3.8, 4) is 17.2 Å². The van der Waals surface area contributed by atoms with Gasteiger partial charge in [0, 0.05) is 12.6 Å². The van der Waals surface area contributed by atoms with Crippen LogP contribution in [0, 0.1) is 0 Å². The van der Waals surface area contributed by atoms with Crippen molar-refractivity contribution in [2.45, 2.75) is 6.92 Å². The molecule has 0 saturated carbocycles. The molecular weight excluding hydrogens is 418 g/mol. The third kappa shape index (κ3) is 5.23. The summed E-state index contributed by atoms with van der Waals surface area (Å²) in [5.74, 6) is 1.91. The highest BCUT2D eigenvalue weighted by Gasteiger charge is 2.28. The van der Waals surface area contributed by atoms with Crippen LogP contribution < -0.4 is 14.2 Å². The molecule has 0 bridgehead atoms. The molecule has 2 aromatic rings. The Labute approximate surface area is 186 Å². The van der Waals surface area contributed by atoms with E-state index in [0.717, 1.165) is 11.1 Å². The van der Waals surface area contributed by atoms with Gasteiger partial charge in [0.15, 0.2) is 11.5 Å². The zero-order valence-electron chi connectivity index (χ0n) is 17.1.